The van der Waals surface area contributed by atoms with Crippen molar-refractivity contribution in [3.63, 3.8) is 0 Å². The molecule has 1 heterocycles. The van der Waals surface area contributed by atoms with Crippen LogP contribution in [0, 0.1) is 23.7 Å². The number of rotatable bonds is 3. The van der Waals surface area contributed by atoms with Crippen LogP contribution in [0.1, 0.15) is 47.6 Å². The maximum atomic E-state index is 13.3. The number of benzene rings is 2. The molecule has 0 saturated carbocycles. The molecule has 0 N–H and O–H groups in total. The fraction of sp³-hybridized carbons (Fsp3) is 0.261. The fourth-order valence-electron chi connectivity index (χ4n) is 3.56. The van der Waals surface area contributed by atoms with E-state index in [1.807, 2.05) is 0 Å². The van der Waals surface area contributed by atoms with Crippen LogP contribution in [0.25, 0.3) is 0 Å². The highest BCUT2D eigenvalue weighted by molar-refractivity contribution is 6.16. The van der Waals surface area contributed by atoms with E-state index in [1.54, 1.807) is 38.1 Å². The van der Waals surface area contributed by atoms with Crippen molar-refractivity contribution in [1.29, 1.82) is 5.26 Å². The molecule has 0 spiro atoms. The van der Waals surface area contributed by atoms with Gasteiger partial charge in [-0.3, -0.25) is 9.59 Å². The second-order valence-corrected chi connectivity index (χ2v) is 7.54. The summed E-state index contributed by atoms with van der Waals surface area (Å²) in [6, 6.07) is 11.3. The third-order valence-corrected chi connectivity index (χ3v) is 5.32. The standard InChI is InChI=1S/C23H17F3N2O2/c1-4-14-5-7-15(8-6-14)13-28-21(30)19(20(29)22(28,2)3)16-9-10-17(12-27)18(11-16)23(24,25)26/h1,5-11,19H,13H2,2-3H3. The second kappa shape index (κ2) is 7.35. The van der Waals surface area contributed by atoms with Gasteiger partial charge in [-0.2, -0.15) is 18.4 Å². The maximum Gasteiger partial charge on any atom is 0.417 e. The number of hydrogen-bond acceptors (Lipinski definition) is 3. The van der Waals surface area contributed by atoms with E-state index in [0.717, 1.165) is 17.7 Å². The summed E-state index contributed by atoms with van der Waals surface area (Å²) in [7, 11) is 0. The van der Waals surface area contributed by atoms with Crippen LogP contribution >= 0.6 is 0 Å². The van der Waals surface area contributed by atoms with Crippen LogP contribution in [0.4, 0.5) is 13.2 Å². The minimum Gasteiger partial charge on any atom is -0.325 e. The van der Waals surface area contributed by atoms with Gasteiger partial charge >= 0.3 is 6.18 Å². The molecule has 1 aliphatic heterocycles. The lowest BCUT2D eigenvalue weighted by Crippen LogP contribution is -2.43. The van der Waals surface area contributed by atoms with Crippen LogP contribution in [-0.2, 0) is 22.3 Å². The summed E-state index contributed by atoms with van der Waals surface area (Å²) in [6.07, 6.45) is 0.555. The first kappa shape index (κ1) is 21.1. The Morgan fingerprint density at radius 2 is 1.77 bits per heavy atom. The lowest BCUT2D eigenvalue weighted by Gasteiger charge is -2.30. The average molecular weight is 410 g/mol. The highest BCUT2D eigenvalue weighted by atomic mass is 19.4. The van der Waals surface area contributed by atoms with Gasteiger partial charge in [0.1, 0.15) is 5.92 Å². The Morgan fingerprint density at radius 3 is 2.30 bits per heavy atom. The quantitative estimate of drug-likeness (QED) is 0.567. The molecule has 0 aliphatic carbocycles. The first-order valence-corrected chi connectivity index (χ1v) is 9.03. The Balaban J connectivity index is 2.00. The molecule has 1 saturated heterocycles. The summed E-state index contributed by atoms with van der Waals surface area (Å²) in [6.45, 7) is 3.25. The summed E-state index contributed by atoms with van der Waals surface area (Å²) < 4.78 is 40.0. The number of ketones is 1. The maximum absolute atomic E-state index is 13.3. The van der Waals surface area contributed by atoms with Gasteiger partial charge in [-0.05, 0) is 49.2 Å². The van der Waals surface area contributed by atoms with Gasteiger partial charge in [0, 0.05) is 12.1 Å². The van der Waals surface area contributed by atoms with E-state index in [1.165, 1.54) is 17.0 Å². The zero-order chi connectivity index (χ0) is 22.3. The minimum absolute atomic E-state index is 0.0745. The number of amides is 1. The van der Waals surface area contributed by atoms with E-state index in [-0.39, 0.29) is 12.1 Å². The second-order valence-electron chi connectivity index (χ2n) is 7.54. The third kappa shape index (κ3) is 3.55. The van der Waals surface area contributed by atoms with Crippen molar-refractivity contribution in [2.45, 2.75) is 38.0 Å². The molecule has 30 heavy (non-hydrogen) atoms. The van der Waals surface area contributed by atoms with Gasteiger partial charge < -0.3 is 4.90 Å². The van der Waals surface area contributed by atoms with Gasteiger partial charge in [0.2, 0.25) is 5.91 Å². The molecular formula is C23H17F3N2O2. The van der Waals surface area contributed by atoms with Gasteiger partial charge in [0.25, 0.3) is 0 Å². The van der Waals surface area contributed by atoms with Crippen molar-refractivity contribution in [3.05, 3.63) is 70.3 Å². The van der Waals surface area contributed by atoms with Crippen LogP contribution in [-0.4, -0.2) is 22.1 Å². The van der Waals surface area contributed by atoms with Crippen molar-refractivity contribution in [3.8, 4) is 18.4 Å². The van der Waals surface area contributed by atoms with Gasteiger partial charge in [-0.25, -0.2) is 0 Å². The summed E-state index contributed by atoms with van der Waals surface area (Å²) in [4.78, 5) is 27.5. The molecule has 1 aliphatic rings. The molecular weight excluding hydrogens is 393 g/mol. The Kier molecular flexibility index (Phi) is 5.18. The highest BCUT2D eigenvalue weighted by Gasteiger charge is 2.53. The van der Waals surface area contributed by atoms with Gasteiger partial charge in [0.05, 0.1) is 22.7 Å². The lowest BCUT2D eigenvalue weighted by molar-refractivity contribution is -0.138. The van der Waals surface area contributed by atoms with Gasteiger partial charge in [-0.1, -0.05) is 24.1 Å². The van der Waals surface area contributed by atoms with Crippen LogP contribution in [0.2, 0.25) is 0 Å². The van der Waals surface area contributed by atoms with E-state index < -0.39 is 40.5 Å². The predicted molar refractivity (Wildman–Crippen MR) is 103 cm³/mol. The predicted octanol–water partition coefficient (Wildman–Crippen LogP) is 4.03. The van der Waals surface area contributed by atoms with Crippen LogP contribution in [0.3, 0.4) is 0 Å². The number of carbonyl (C=O) groups is 2. The molecule has 1 atom stereocenters. The number of likely N-dealkylation sites (tertiary alicyclic amines) is 1. The molecule has 2 aromatic carbocycles. The molecule has 3 rings (SSSR count). The van der Waals surface area contributed by atoms with Crippen LogP contribution < -0.4 is 0 Å². The Hall–Kier alpha value is -3.58. The van der Waals surface area contributed by atoms with Gasteiger partial charge in [0.15, 0.2) is 5.78 Å². The number of nitriles is 1. The Morgan fingerprint density at radius 1 is 1.13 bits per heavy atom. The van der Waals surface area contributed by atoms with E-state index >= 15 is 0 Å². The largest absolute Gasteiger partial charge is 0.417 e. The van der Waals surface area contributed by atoms with Gasteiger partial charge in [-0.15, -0.1) is 6.42 Å². The average Bonchev–Trinajstić information content (AvgIpc) is 2.87. The number of hydrogen-bond donors (Lipinski definition) is 0. The number of nitrogens with zero attached hydrogens (tertiary/aromatic N) is 2. The molecule has 7 heteroatoms. The molecule has 0 aromatic heterocycles. The van der Waals surface area contributed by atoms with Crippen LogP contribution in [0.5, 0.6) is 0 Å². The minimum atomic E-state index is -4.78. The molecule has 152 valence electrons. The molecule has 1 unspecified atom stereocenters. The topological polar surface area (TPSA) is 61.2 Å². The summed E-state index contributed by atoms with van der Waals surface area (Å²) in [5.41, 5.74) is -1.61. The summed E-state index contributed by atoms with van der Waals surface area (Å²) in [5.74, 6) is 0.0489. The zero-order valence-electron chi connectivity index (χ0n) is 16.2. The molecule has 4 nitrogen and oxygen atoms in total. The smallest absolute Gasteiger partial charge is 0.325 e. The Labute approximate surface area is 171 Å². The molecule has 1 amide bonds. The fourth-order valence-corrected chi connectivity index (χ4v) is 3.56. The zero-order valence-corrected chi connectivity index (χ0v) is 16.2. The SMILES string of the molecule is C#Cc1ccc(CN2C(=O)C(c3ccc(C#N)c(C(F)(F)F)c3)C(=O)C2(C)C)cc1. The molecule has 1 fully saturated rings. The van der Waals surface area contributed by atoms with Crippen LogP contribution in [0.15, 0.2) is 42.5 Å². The first-order valence-electron chi connectivity index (χ1n) is 9.03. The third-order valence-electron chi connectivity index (χ3n) is 5.32. The van der Waals surface area contributed by atoms with E-state index in [0.29, 0.717) is 5.56 Å². The number of terminal acetylenes is 1. The number of carbonyl (C=O) groups excluding carboxylic acids is 2. The Bertz CT molecular complexity index is 1100. The van der Waals surface area contributed by atoms with E-state index in [2.05, 4.69) is 5.92 Å². The molecule has 2 aromatic rings. The first-order chi connectivity index (χ1) is 14.0. The van der Waals surface area contributed by atoms with Crippen molar-refractivity contribution < 1.29 is 22.8 Å². The van der Waals surface area contributed by atoms with E-state index in [9.17, 15) is 22.8 Å². The van der Waals surface area contributed by atoms with E-state index in [4.69, 9.17) is 11.7 Å². The molecule has 0 bridgehead atoms. The number of alkyl halides is 3. The van der Waals surface area contributed by atoms with Crippen molar-refractivity contribution in [2.24, 2.45) is 0 Å². The highest BCUT2D eigenvalue weighted by Crippen LogP contribution is 2.40. The summed E-state index contributed by atoms with van der Waals surface area (Å²) >= 11 is 0. The number of halogens is 3. The molecule has 0 radical (unpaired) electrons. The monoisotopic (exact) mass is 410 g/mol. The normalized spacial score (nSPS) is 18.2. The lowest BCUT2D eigenvalue weighted by atomic mass is 9.87. The summed E-state index contributed by atoms with van der Waals surface area (Å²) in [5, 5.41) is 8.96. The van der Waals surface area contributed by atoms with Crippen molar-refractivity contribution in [2.75, 3.05) is 0 Å². The van der Waals surface area contributed by atoms with Crippen molar-refractivity contribution >= 4 is 11.7 Å². The number of Topliss-reactive ketones (excluding diaryl/α,β-unsaturated/α-hetero) is 1. The van der Waals surface area contributed by atoms with Crippen molar-refractivity contribution in [1.82, 2.24) is 4.90 Å².